The number of carbonyl (C=O) groups is 2. The molecular formula is C14H11BrN2O3. The van der Waals surface area contributed by atoms with E-state index in [1.165, 1.54) is 12.1 Å². The number of hydrogen-bond acceptors (Lipinski definition) is 3. The maximum absolute atomic E-state index is 12.1. The number of amides is 1. The molecule has 1 amide bonds. The van der Waals surface area contributed by atoms with Crippen LogP contribution in [0.5, 0.6) is 0 Å². The van der Waals surface area contributed by atoms with Crippen LogP contribution in [0, 0.1) is 0 Å². The summed E-state index contributed by atoms with van der Waals surface area (Å²) < 4.78 is 0.495. The number of aromatic carboxylic acids is 1. The van der Waals surface area contributed by atoms with E-state index in [1.807, 2.05) is 0 Å². The Bertz CT molecular complexity index is 686. The molecule has 0 aliphatic heterocycles. The van der Waals surface area contributed by atoms with E-state index in [9.17, 15) is 9.59 Å². The molecule has 20 heavy (non-hydrogen) atoms. The molecule has 0 aliphatic rings. The second-order valence-corrected chi connectivity index (χ2v) is 4.90. The molecule has 102 valence electrons. The summed E-state index contributed by atoms with van der Waals surface area (Å²) >= 11 is 3.23. The number of carbonyl (C=O) groups excluding carboxylic acids is 1. The number of halogens is 1. The lowest BCUT2D eigenvalue weighted by Crippen LogP contribution is -2.15. The molecule has 5 nitrogen and oxygen atoms in total. The third kappa shape index (κ3) is 2.97. The second kappa shape index (κ2) is 5.75. The molecule has 6 heteroatoms. The molecule has 0 atom stereocenters. The van der Waals surface area contributed by atoms with Gasteiger partial charge in [-0.15, -0.1) is 0 Å². The smallest absolute Gasteiger partial charge is 0.337 e. The van der Waals surface area contributed by atoms with Gasteiger partial charge in [-0.25, -0.2) is 4.79 Å². The van der Waals surface area contributed by atoms with Crippen molar-refractivity contribution in [3.63, 3.8) is 0 Å². The van der Waals surface area contributed by atoms with E-state index in [4.69, 9.17) is 10.8 Å². The van der Waals surface area contributed by atoms with Crippen molar-refractivity contribution in [2.45, 2.75) is 0 Å². The Hall–Kier alpha value is -2.34. The highest BCUT2D eigenvalue weighted by Gasteiger charge is 2.16. The highest BCUT2D eigenvalue weighted by molar-refractivity contribution is 9.10. The Kier molecular flexibility index (Phi) is 4.05. The molecule has 2 aromatic carbocycles. The van der Waals surface area contributed by atoms with Gasteiger partial charge in [0.05, 0.1) is 11.3 Å². The molecule has 0 saturated carbocycles. The molecule has 0 aliphatic carbocycles. The van der Waals surface area contributed by atoms with Crippen LogP contribution in [0.25, 0.3) is 0 Å². The van der Waals surface area contributed by atoms with Crippen molar-refractivity contribution in [3.8, 4) is 0 Å². The summed E-state index contributed by atoms with van der Waals surface area (Å²) in [5.41, 5.74) is 6.66. The second-order valence-electron chi connectivity index (χ2n) is 4.05. The van der Waals surface area contributed by atoms with Crippen molar-refractivity contribution in [2.24, 2.45) is 0 Å². The molecule has 0 spiro atoms. The van der Waals surface area contributed by atoms with Crippen molar-refractivity contribution in [1.82, 2.24) is 0 Å². The lowest BCUT2D eigenvalue weighted by Gasteiger charge is -2.10. The van der Waals surface area contributed by atoms with E-state index in [-0.39, 0.29) is 11.3 Å². The molecule has 0 fully saturated rings. The number of benzene rings is 2. The lowest BCUT2D eigenvalue weighted by molar-refractivity contribution is 0.0698. The first-order chi connectivity index (χ1) is 9.49. The van der Waals surface area contributed by atoms with Gasteiger partial charge in [-0.1, -0.05) is 12.1 Å². The van der Waals surface area contributed by atoms with E-state index in [1.54, 1.807) is 30.3 Å². The fourth-order valence-electron chi connectivity index (χ4n) is 1.70. The highest BCUT2D eigenvalue weighted by Crippen LogP contribution is 2.27. The van der Waals surface area contributed by atoms with Crippen LogP contribution in [-0.4, -0.2) is 17.0 Å². The van der Waals surface area contributed by atoms with Gasteiger partial charge in [-0.05, 0) is 46.3 Å². The maximum Gasteiger partial charge on any atom is 0.337 e. The summed E-state index contributed by atoms with van der Waals surface area (Å²) in [4.78, 5) is 23.3. The zero-order valence-corrected chi connectivity index (χ0v) is 11.8. The molecule has 0 radical (unpaired) electrons. The van der Waals surface area contributed by atoms with Gasteiger partial charge in [-0.2, -0.15) is 0 Å². The number of hydrogen-bond donors (Lipinski definition) is 3. The molecule has 0 aromatic heterocycles. The lowest BCUT2D eigenvalue weighted by atomic mass is 10.1. The Morgan fingerprint density at radius 2 is 1.85 bits per heavy atom. The normalized spacial score (nSPS) is 10.1. The molecule has 0 heterocycles. The van der Waals surface area contributed by atoms with Crippen molar-refractivity contribution in [1.29, 1.82) is 0 Å². The molecule has 2 aromatic rings. The van der Waals surface area contributed by atoms with Crippen LogP contribution >= 0.6 is 15.9 Å². The SMILES string of the molecule is Nc1cccc(C(=O)Nc2c(Br)cccc2C(=O)O)c1. The first-order valence-electron chi connectivity index (χ1n) is 5.67. The molecular weight excluding hydrogens is 324 g/mol. The van der Waals surface area contributed by atoms with Crippen molar-refractivity contribution in [2.75, 3.05) is 11.1 Å². The highest BCUT2D eigenvalue weighted by atomic mass is 79.9. The van der Waals surface area contributed by atoms with Crippen LogP contribution in [-0.2, 0) is 0 Å². The summed E-state index contributed by atoms with van der Waals surface area (Å²) in [7, 11) is 0. The molecule has 0 bridgehead atoms. The van der Waals surface area contributed by atoms with Crippen LogP contribution < -0.4 is 11.1 Å². The van der Waals surface area contributed by atoms with Crippen molar-refractivity contribution >= 4 is 39.2 Å². The van der Waals surface area contributed by atoms with Gasteiger partial charge in [0.25, 0.3) is 5.91 Å². The standard InChI is InChI=1S/C14H11BrN2O3/c15-11-6-2-5-10(14(19)20)12(11)17-13(18)8-3-1-4-9(16)7-8/h1-7H,16H2,(H,17,18)(H,19,20). The van der Waals surface area contributed by atoms with Crippen molar-refractivity contribution in [3.05, 3.63) is 58.1 Å². The number of nitrogens with two attached hydrogens (primary N) is 1. The Morgan fingerprint density at radius 1 is 1.15 bits per heavy atom. The predicted octanol–water partition coefficient (Wildman–Crippen LogP) is 2.98. The van der Waals surface area contributed by atoms with E-state index < -0.39 is 11.9 Å². The van der Waals surface area contributed by atoms with Gasteiger partial charge in [0.15, 0.2) is 0 Å². The first-order valence-corrected chi connectivity index (χ1v) is 6.47. The predicted molar refractivity (Wildman–Crippen MR) is 79.9 cm³/mol. The fourth-order valence-corrected chi connectivity index (χ4v) is 2.16. The van der Waals surface area contributed by atoms with Gasteiger partial charge in [0.2, 0.25) is 0 Å². The summed E-state index contributed by atoms with van der Waals surface area (Å²) in [5.74, 6) is -1.54. The Morgan fingerprint density at radius 3 is 2.50 bits per heavy atom. The number of nitrogen functional groups attached to an aromatic ring is 1. The minimum absolute atomic E-state index is 0.0108. The fraction of sp³-hybridized carbons (Fsp3) is 0. The van der Waals surface area contributed by atoms with Gasteiger partial charge >= 0.3 is 5.97 Å². The third-order valence-electron chi connectivity index (χ3n) is 2.63. The van der Waals surface area contributed by atoms with Crippen LogP contribution in [0.15, 0.2) is 46.9 Å². The summed E-state index contributed by atoms with van der Waals surface area (Å²) in [6.07, 6.45) is 0. The largest absolute Gasteiger partial charge is 0.478 e. The average Bonchev–Trinajstić information content (AvgIpc) is 2.40. The number of nitrogens with one attached hydrogen (secondary N) is 1. The Labute approximate surface area is 123 Å². The number of anilines is 2. The number of rotatable bonds is 3. The minimum atomic E-state index is -1.12. The van der Waals surface area contributed by atoms with E-state index >= 15 is 0 Å². The first kappa shape index (κ1) is 14.1. The summed E-state index contributed by atoms with van der Waals surface area (Å²) in [5, 5.41) is 11.7. The number of para-hydroxylation sites is 1. The van der Waals surface area contributed by atoms with Crippen LogP contribution in [0.2, 0.25) is 0 Å². The molecule has 0 saturated heterocycles. The minimum Gasteiger partial charge on any atom is -0.478 e. The number of carboxylic acids is 1. The van der Waals surface area contributed by atoms with Gasteiger partial charge in [0.1, 0.15) is 0 Å². The van der Waals surface area contributed by atoms with Crippen LogP contribution in [0.1, 0.15) is 20.7 Å². The zero-order valence-electron chi connectivity index (χ0n) is 10.3. The summed E-state index contributed by atoms with van der Waals surface area (Å²) in [6.45, 7) is 0. The van der Waals surface area contributed by atoms with E-state index in [2.05, 4.69) is 21.2 Å². The maximum atomic E-state index is 12.1. The molecule has 0 unspecified atom stereocenters. The summed E-state index contributed by atoms with van der Waals surface area (Å²) in [6, 6.07) is 11.1. The van der Waals surface area contributed by atoms with E-state index in [0.29, 0.717) is 15.7 Å². The molecule has 4 N–H and O–H groups in total. The molecule has 2 rings (SSSR count). The van der Waals surface area contributed by atoms with Crippen LogP contribution in [0.3, 0.4) is 0 Å². The average molecular weight is 335 g/mol. The third-order valence-corrected chi connectivity index (χ3v) is 3.29. The monoisotopic (exact) mass is 334 g/mol. The van der Waals surface area contributed by atoms with Gasteiger partial charge < -0.3 is 16.2 Å². The van der Waals surface area contributed by atoms with E-state index in [0.717, 1.165) is 0 Å². The Balaban J connectivity index is 2.35. The van der Waals surface area contributed by atoms with Crippen molar-refractivity contribution < 1.29 is 14.7 Å². The zero-order chi connectivity index (χ0) is 14.7. The quantitative estimate of drug-likeness (QED) is 0.752. The number of carboxylic acid groups (broad SMARTS) is 1. The van der Waals surface area contributed by atoms with Gasteiger partial charge in [-0.3, -0.25) is 4.79 Å². The van der Waals surface area contributed by atoms with Gasteiger partial charge in [0, 0.05) is 15.7 Å². The topological polar surface area (TPSA) is 92.4 Å². The van der Waals surface area contributed by atoms with Crippen LogP contribution in [0.4, 0.5) is 11.4 Å².